The van der Waals surface area contributed by atoms with Gasteiger partial charge >= 0.3 is 0 Å². The number of nitrogens with zero attached hydrogens (tertiary/aromatic N) is 4. The highest BCUT2D eigenvalue weighted by molar-refractivity contribution is 5.46. The van der Waals surface area contributed by atoms with E-state index in [1.807, 2.05) is 0 Å². The SMILES string of the molecule is CCN(c1cc(C)c([N+](=O)[O-])cn1)[N+](=O)[O-]. The molecule has 0 bridgehead atoms. The van der Waals surface area contributed by atoms with E-state index < -0.39 is 9.96 Å². The Balaban J connectivity index is 3.14. The Hall–Kier alpha value is -2.25. The molecule has 0 unspecified atom stereocenters. The van der Waals surface area contributed by atoms with Gasteiger partial charge in [0.1, 0.15) is 6.20 Å². The number of pyridine rings is 1. The Bertz CT molecular complexity index is 434. The first-order valence-electron chi connectivity index (χ1n) is 4.50. The summed E-state index contributed by atoms with van der Waals surface area (Å²) in [6, 6.07) is 1.32. The lowest BCUT2D eigenvalue weighted by Crippen LogP contribution is -2.30. The van der Waals surface area contributed by atoms with Crippen molar-refractivity contribution in [2.45, 2.75) is 13.8 Å². The van der Waals surface area contributed by atoms with Crippen LogP contribution in [0.3, 0.4) is 0 Å². The van der Waals surface area contributed by atoms with Crippen LogP contribution < -0.4 is 5.01 Å². The highest BCUT2D eigenvalue weighted by Crippen LogP contribution is 2.21. The second-order valence-electron chi connectivity index (χ2n) is 3.04. The van der Waals surface area contributed by atoms with Crippen LogP contribution in [0.25, 0.3) is 0 Å². The Morgan fingerprint density at radius 1 is 1.44 bits per heavy atom. The molecule has 0 amide bonds. The van der Waals surface area contributed by atoms with E-state index in [9.17, 15) is 20.2 Å². The average Bonchev–Trinajstić information content (AvgIpc) is 2.17. The molecule has 0 fully saturated rings. The monoisotopic (exact) mass is 226 g/mol. The fourth-order valence-electron chi connectivity index (χ4n) is 1.23. The Morgan fingerprint density at radius 2 is 2.06 bits per heavy atom. The van der Waals surface area contributed by atoms with Gasteiger partial charge in [0.05, 0.1) is 11.5 Å². The standard InChI is InChI=1S/C8H10N4O4/c1-3-10(12(15)16)8-4-6(2)7(5-9-8)11(13)14/h4-5H,3H2,1-2H3. The molecule has 16 heavy (non-hydrogen) atoms. The summed E-state index contributed by atoms with van der Waals surface area (Å²) < 4.78 is 0. The molecule has 1 aromatic heterocycles. The molecule has 0 N–H and O–H groups in total. The van der Waals surface area contributed by atoms with Crippen LogP contribution in [0, 0.1) is 27.2 Å². The van der Waals surface area contributed by atoms with Crippen molar-refractivity contribution in [3.63, 3.8) is 0 Å². The second-order valence-corrected chi connectivity index (χ2v) is 3.04. The minimum absolute atomic E-state index is 0.0931. The molecule has 1 aromatic rings. The normalized spacial score (nSPS) is 9.88. The number of hydrogen-bond acceptors (Lipinski definition) is 5. The smallest absolute Gasteiger partial charge is 0.258 e. The van der Waals surface area contributed by atoms with E-state index in [-0.39, 0.29) is 18.1 Å². The fourth-order valence-corrected chi connectivity index (χ4v) is 1.23. The summed E-state index contributed by atoms with van der Waals surface area (Å²) in [4.78, 5) is 24.3. The largest absolute Gasteiger partial charge is 0.290 e. The first-order chi connectivity index (χ1) is 7.47. The van der Waals surface area contributed by atoms with Gasteiger partial charge in [0.2, 0.25) is 0 Å². The maximum Gasteiger partial charge on any atom is 0.290 e. The topological polar surface area (TPSA) is 102 Å². The van der Waals surface area contributed by atoms with Gasteiger partial charge in [-0.1, -0.05) is 5.01 Å². The zero-order chi connectivity index (χ0) is 12.3. The van der Waals surface area contributed by atoms with Crippen LogP contribution >= 0.6 is 0 Å². The molecule has 86 valence electrons. The van der Waals surface area contributed by atoms with E-state index in [4.69, 9.17) is 0 Å². The van der Waals surface area contributed by atoms with E-state index in [0.717, 1.165) is 11.2 Å². The van der Waals surface area contributed by atoms with E-state index in [1.165, 1.54) is 13.0 Å². The predicted molar refractivity (Wildman–Crippen MR) is 55.6 cm³/mol. The third-order valence-corrected chi connectivity index (χ3v) is 2.03. The maximum absolute atomic E-state index is 10.6. The summed E-state index contributed by atoms with van der Waals surface area (Å²) >= 11 is 0. The zero-order valence-electron chi connectivity index (χ0n) is 8.78. The molecule has 0 aliphatic heterocycles. The number of rotatable bonds is 4. The molecular formula is C8H10N4O4. The summed E-state index contributed by atoms with van der Waals surface area (Å²) in [7, 11) is 0. The number of nitro groups is 2. The second kappa shape index (κ2) is 4.51. The summed E-state index contributed by atoms with van der Waals surface area (Å²) in [6.07, 6.45) is 1.02. The van der Waals surface area contributed by atoms with E-state index in [2.05, 4.69) is 4.98 Å². The van der Waals surface area contributed by atoms with Crippen molar-refractivity contribution in [2.75, 3.05) is 11.6 Å². The van der Waals surface area contributed by atoms with Gasteiger partial charge in [-0.05, 0) is 19.9 Å². The van der Waals surface area contributed by atoms with Crippen molar-refractivity contribution in [3.8, 4) is 0 Å². The van der Waals surface area contributed by atoms with Crippen molar-refractivity contribution in [3.05, 3.63) is 38.1 Å². The van der Waals surface area contributed by atoms with Gasteiger partial charge in [-0.15, -0.1) is 0 Å². The summed E-state index contributed by atoms with van der Waals surface area (Å²) in [5.74, 6) is 0.0931. The Kier molecular flexibility index (Phi) is 3.33. The van der Waals surface area contributed by atoms with Gasteiger partial charge in [0.25, 0.3) is 5.69 Å². The molecule has 0 aliphatic carbocycles. The third-order valence-electron chi connectivity index (χ3n) is 2.03. The van der Waals surface area contributed by atoms with Crippen LogP contribution in [-0.4, -0.2) is 21.5 Å². The van der Waals surface area contributed by atoms with Crippen LogP contribution in [0.4, 0.5) is 11.5 Å². The third kappa shape index (κ3) is 2.22. The predicted octanol–water partition coefficient (Wildman–Crippen LogP) is 1.32. The molecular weight excluding hydrogens is 216 g/mol. The molecule has 0 aromatic carbocycles. The summed E-state index contributed by atoms with van der Waals surface area (Å²) in [6.45, 7) is 3.25. The van der Waals surface area contributed by atoms with Gasteiger partial charge < -0.3 is 0 Å². The highest BCUT2D eigenvalue weighted by Gasteiger charge is 2.19. The molecule has 0 spiro atoms. The van der Waals surface area contributed by atoms with Gasteiger partial charge in [-0.25, -0.2) is 15.1 Å². The molecule has 8 heteroatoms. The molecule has 1 rings (SSSR count). The van der Waals surface area contributed by atoms with Gasteiger partial charge in [0, 0.05) is 5.56 Å². The van der Waals surface area contributed by atoms with Gasteiger partial charge in [0.15, 0.2) is 10.9 Å². The minimum atomic E-state index is -0.604. The summed E-state index contributed by atoms with van der Waals surface area (Å²) in [5.41, 5.74) is 0.193. The van der Waals surface area contributed by atoms with Gasteiger partial charge in [-0.2, -0.15) is 0 Å². The minimum Gasteiger partial charge on any atom is -0.258 e. The lowest BCUT2D eigenvalue weighted by molar-refractivity contribution is -0.494. The van der Waals surface area contributed by atoms with Crippen LogP contribution in [0.2, 0.25) is 0 Å². The van der Waals surface area contributed by atoms with Crippen molar-refractivity contribution >= 4 is 11.5 Å². The van der Waals surface area contributed by atoms with Crippen molar-refractivity contribution in [1.82, 2.24) is 4.98 Å². The van der Waals surface area contributed by atoms with E-state index >= 15 is 0 Å². The van der Waals surface area contributed by atoms with Crippen molar-refractivity contribution in [1.29, 1.82) is 0 Å². The van der Waals surface area contributed by atoms with Crippen molar-refractivity contribution < 1.29 is 9.96 Å². The lowest BCUT2D eigenvalue weighted by atomic mass is 10.2. The fraction of sp³-hybridized carbons (Fsp3) is 0.375. The Morgan fingerprint density at radius 3 is 2.44 bits per heavy atom. The average molecular weight is 226 g/mol. The van der Waals surface area contributed by atoms with Crippen LogP contribution in [0.5, 0.6) is 0 Å². The highest BCUT2D eigenvalue weighted by atomic mass is 16.7. The van der Waals surface area contributed by atoms with E-state index in [0.29, 0.717) is 5.56 Å². The molecule has 8 nitrogen and oxygen atoms in total. The lowest BCUT2D eigenvalue weighted by Gasteiger charge is -2.10. The molecule has 0 radical (unpaired) electrons. The number of hydrazine groups is 1. The number of hydrogen-bond donors (Lipinski definition) is 0. The Labute approximate surface area is 90.8 Å². The van der Waals surface area contributed by atoms with Crippen LogP contribution in [0.15, 0.2) is 12.3 Å². The maximum atomic E-state index is 10.6. The first-order valence-corrected chi connectivity index (χ1v) is 4.50. The quantitative estimate of drug-likeness (QED) is 0.566. The van der Waals surface area contributed by atoms with E-state index in [1.54, 1.807) is 6.92 Å². The molecule has 0 saturated heterocycles. The zero-order valence-corrected chi connectivity index (χ0v) is 8.78. The number of anilines is 1. The molecule has 1 heterocycles. The molecule has 0 saturated carbocycles. The molecule has 0 aliphatic rings. The summed E-state index contributed by atoms with van der Waals surface area (Å²) in [5, 5.41) is 21.4. The van der Waals surface area contributed by atoms with Gasteiger partial charge in [-0.3, -0.25) is 10.1 Å². The first kappa shape index (κ1) is 11.8. The number of aromatic nitrogens is 1. The van der Waals surface area contributed by atoms with Crippen molar-refractivity contribution in [2.24, 2.45) is 0 Å². The number of aryl methyl sites for hydroxylation is 1. The molecule has 0 atom stereocenters. The van der Waals surface area contributed by atoms with Crippen LogP contribution in [-0.2, 0) is 0 Å². The van der Waals surface area contributed by atoms with Crippen LogP contribution in [0.1, 0.15) is 12.5 Å².